The molecule has 6 nitrogen and oxygen atoms in total. The van der Waals surface area contributed by atoms with Crippen molar-refractivity contribution in [1.82, 2.24) is 20.3 Å². The van der Waals surface area contributed by atoms with E-state index in [1.54, 1.807) is 11.3 Å². The second-order valence-corrected chi connectivity index (χ2v) is 10.3. The van der Waals surface area contributed by atoms with E-state index in [0.717, 1.165) is 30.4 Å². The summed E-state index contributed by atoms with van der Waals surface area (Å²) in [6.07, 6.45) is 2.93. The summed E-state index contributed by atoms with van der Waals surface area (Å²) >= 11 is 1.58. The first kappa shape index (κ1) is 20.7. The molecule has 30 heavy (non-hydrogen) atoms. The Kier molecular flexibility index (Phi) is 5.49. The molecule has 158 valence electrons. The van der Waals surface area contributed by atoms with Crippen LogP contribution in [0.4, 0.5) is 0 Å². The molecule has 0 saturated carbocycles. The van der Waals surface area contributed by atoms with Crippen molar-refractivity contribution in [3.8, 4) is 0 Å². The lowest BCUT2D eigenvalue weighted by Crippen LogP contribution is -2.35. The van der Waals surface area contributed by atoms with E-state index >= 15 is 0 Å². The molecule has 0 aliphatic heterocycles. The Labute approximate surface area is 180 Å². The van der Waals surface area contributed by atoms with E-state index in [-0.39, 0.29) is 29.5 Å². The van der Waals surface area contributed by atoms with E-state index in [4.69, 9.17) is 0 Å². The first-order valence-electron chi connectivity index (χ1n) is 10.5. The smallest absolute Gasteiger partial charge is 0.279 e. The maximum absolute atomic E-state index is 13.1. The molecule has 0 bridgehead atoms. The predicted octanol–water partition coefficient (Wildman–Crippen LogP) is 3.88. The highest BCUT2D eigenvalue weighted by Crippen LogP contribution is 2.41. The summed E-state index contributed by atoms with van der Waals surface area (Å²) in [6, 6.07) is 9.59. The van der Waals surface area contributed by atoms with Crippen molar-refractivity contribution in [3.05, 3.63) is 56.7 Å². The molecule has 2 atom stereocenters. The van der Waals surface area contributed by atoms with E-state index in [0.29, 0.717) is 16.1 Å². The van der Waals surface area contributed by atoms with Gasteiger partial charge < -0.3 is 5.32 Å². The Morgan fingerprint density at radius 1 is 1.30 bits per heavy atom. The zero-order valence-corrected chi connectivity index (χ0v) is 18.8. The van der Waals surface area contributed by atoms with Gasteiger partial charge in [0.15, 0.2) is 4.83 Å². The quantitative estimate of drug-likeness (QED) is 0.689. The van der Waals surface area contributed by atoms with E-state index in [1.807, 2.05) is 37.3 Å². The second kappa shape index (κ2) is 7.95. The fourth-order valence-corrected chi connectivity index (χ4v) is 5.45. The van der Waals surface area contributed by atoms with Crippen LogP contribution < -0.4 is 10.9 Å². The van der Waals surface area contributed by atoms with Gasteiger partial charge in [-0.05, 0) is 48.6 Å². The molecule has 1 aliphatic carbocycles. The van der Waals surface area contributed by atoms with Crippen molar-refractivity contribution in [2.75, 3.05) is 0 Å². The first-order valence-corrected chi connectivity index (χ1v) is 11.3. The molecule has 0 spiro atoms. The summed E-state index contributed by atoms with van der Waals surface area (Å²) in [6.45, 7) is 8.62. The number of hydrogen-bond donors (Lipinski definition) is 1. The lowest BCUT2D eigenvalue weighted by molar-refractivity contribution is -0.122. The highest BCUT2D eigenvalue weighted by molar-refractivity contribution is 7.18. The van der Waals surface area contributed by atoms with Crippen LogP contribution in [0.2, 0.25) is 0 Å². The molecule has 2 heterocycles. The van der Waals surface area contributed by atoms with Crippen LogP contribution in [0.15, 0.2) is 35.1 Å². The van der Waals surface area contributed by atoms with Crippen molar-refractivity contribution in [2.45, 2.75) is 59.5 Å². The van der Waals surface area contributed by atoms with Crippen LogP contribution in [0, 0.1) is 11.3 Å². The van der Waals surface area contributed by atoms with Gasteiger partial charge in [-0.1, -0.05) is 56.3 Å². The molecular weight excluding hydrogens is 396 g/mol. The number of nitrogens with one attached hydrogen (secondary N) is 1. The zero-order chi connectivity index (χ0) is 21.5. The van der Waals surface area contributed by atoms with Gasteiger partial charge in [0, 0.05) is 4.88 Å². The fraction of sp³-hybridized carbons (Fsp3) is 0.478. The molecule has 7 heteroatoms. The summed E-state index contributed by atoms with van der Waals surface area (Å²) in [4.78, 5) is 27.6. The molecule has 1 amide bonds. The van der Waals surface area contributed by atoms with Crippen LogP contribution in [0.5, 0.6) is 0 Å². The summed E-state index contributed by atoms with van der Waals surface area (Å²) in [5.74, 6) is 0.345. The van der Waals surface area contributed by atoms with Gasteiger partial charge in [0.1, 0.15) is 6.54 Å². The Balaban J connectivity index is 1.56. The fourth-order valence-electron chi connectivity index (χ4n) is 4.22. The van der Waals surface area contributed by atoms with Crippen LogP contribution in [0.3, 0.4) is 0 Å². The molecular formula is C23H28N4O2S. The highest BCUT2D eigenvalue weighted by Gasteiger charge is 2.32. The number of aryl methyl sites for hydroxylation is 1. The number of amides is 1. The minimum absolute atomic E-state index is 0.131. The van der Waals surface area contributed by atoms with E-state index in [2.05, 4.69) is 36.4 Å². The van der Waals surface area contributed by atoms with E-state index in [9.17, 15) is 9.59 Å². The Hall–Kier alpha value is -2.54. The Morgan fingerprint density at radius 2 is 2.03 bits per heavy atom. The monoisotopic (exact) mass is 424 g/mol. The molecule has 2 unspecified atom stereocenters. The summed E-state index contributed by atoms with van der Waals surface area (Å²) in [5, 5.41) is 11.9. The Bertz CT molecular complexity index is 1130. The number of nitrogens with zero attached hydrogens (tertiary/aromatic N) is 3. The third kappa shape index (κ3) is 4.03. The summed E-state index contributed by atoms with van der Waals surface area (Å²) in [5.41, 5.74) is 2.16. The third-order valence-corrected chi connectivity index (χ3v) is 7.27. The van der Waals surface area contributed by atoms with Gasteiger partial charge in [-0.15, -0.1) is 16.4 Å². The molecule has 3 aromatic rings. The normalized spacial score (nSPS) is 17.5. The maximum Gasteiger partial charge on any atom is 0.279 e. The molecule has 1 aromatic carbocycles. The topological polar surface area (TPSA) is 76.9 Å². The zero-order valence-electron chi connectivity index (χ0n) is 17.9. The van der Waals surface area contributed by atoms with E-state index in [1.165, 1.54) is 9.56 Å². The highest BCUT2D eigenvalue weighted by atomic mass is 32.1. The Morgan fingerprint density at radius 3 is 2.73 bits per heavy atom. The van der Waals surface area contributed by atoms with Crippen molar-refractivity contribution in [3.63, 3.8) is 0 Å². The average Bonchev–Trinajstić information content (AvgIpc) is 3.08. The molecule has 1 N–H and O–H groups in total. The molecule has 1 aliphatic rings. The summed E-state index contributed by atoms with van der Waals surface area (Å²) in [7, 11) is 0. The number of hydrogen-bond acceptors (Lipinski definition) is 5. The predicted molar refractivity (Wildman–Crippen MR) is 120 cm³/mol. The maximum atomic E-state index is 13.1. The number of rotatable bonds is 4. The van der Waals surface area contributed by atoms with E-state index < -0.39 is 0 Å². The number of benzene rings is 1. The van der Waals surface area contributed by atoms with Gasteiger partial charge >= 0.3 is 0 Å². The number of carbonyl (C=O) groups excluding carboxylic acids is 1. The number of carbonyl (C=O) groups is 1. The minimum atomic E-state index is -0.251. The van der Waals surface area contributed by atoms with Gasteiger partial charge in [0.2, 0.25) is 5.91 Å². The largest absolute Gasteiger partial charge is 0.348 e. The SMILES string of the molecule is CC(NC(=O)Cn1nnc2sc3c(c2c1=O)CCC(C(C)(C)C)C3)c1ccccc1. The molecule has 2 aromatic heterocycles. The van der Waals surface area contributed by atoms with Crippen molar-refractivity contribution in [2.24, 2.45) is 11.3 Å². The van der Waals surface area contributed by atoms with Crippen molar-refractivity contribution in [1.29, 1.82) is 0 Å². The van der Waals surface area contributed by atoms with Gasteiger partial charge in [0.25, 0.3) is 5.56 Å². The van der Waals surface area contributed by atoms with Gasteiger partial charge in [-0.25, -0.2) is 4.68 Å². The lowest BCUT2D eigenvalue weighted by Gasteiger charge is -2.33. The lowest BCUT2D eigenvalue weighted by atomic mass is 9.72. The molecule has 0 radical (unpaired) electrons. The van der Waals surface area contributed by atoms with Crippen molar-refractivity contribution < 1.29 is 4.79 Å². The van der Waals surface area contributed by atoms with Crippen LogP contribution in [-0.2, 0) is 24.2 Å². The number of aromatic nitrogens is 3. The van der Waals surface area contributed by atoms with Crippen LogP contribution in [-0.4, -0.2) is 20.9 Å². The summed E-state index contributed by atoms with van der Waals surface area (Å²) < 4.78 is 1.19. The second-order valence-electron chi connectivity index (χ2n) is 9.24. The molecule has 4 rings (SSSR count). The first-order chi connectivity index (χ1) is 14.2. The third-order valence-electron chi connectivity index (χ3n) is 6.13. The average molecular weight is 425 g/mol. The molecule has 0 saturated heterocycles. The van der Waals surface area contributed by atoms with Gasteiger partial charge in [-0.3, -0.25) is 9.59 Å². The van der Waals surface area contributed by atoms with Crippen LogP contribution in [0.1, 0.15) is 56.2 Å². The number of thiophene rings is 1. The van der Waals surface area contributed by atoms with Crippen molar-refractivity contribution >= 4 is 27.5 Å². The van der Waals surface area contributed by atoms with Crippen LogP contribution in [0.25, 0.3) is 10.2 Å². The van der Waals surface area contributed by atoms with Crippen LogP contribution >= 0.6 is 11.3 Å². The minimum Gasteiger partial charge on any atom is -0.348 e. The standard InChI is InChI=1S/C23H28N4O2S/c1-14(15-8-6-5-7-9-15)24-19(28)13-27-22(29)20-17-11-10-16(23(2,3)4)12-18(17)30-21(20)25-26-27/h5-9,14,16H,10-13H2,1-4H3,(H,24,28). The molecule has 0 fully saturated rings. The van der Waals surface area contributed by atoms with Gasteiger partial charge in [-0.2, -0.15) is 0 Å². The number of fused-ring (bicyclic) bond motifs is 3. The van der Waals surface area contributed by atoms with Gasteiger partial charge in [0.05, 0.1) is 11.4 Å².